The van der Waals surface area contributed by atoms with Gasteiger partial charge in [-0.25, -0.2) is 4.98 Å². The fourth-order valence-corrected chi connectivity index (χ4v) is 2.65. The molecule has 0 spiro atoms. The summed E-state index contributed by atoms with van der Waals surface area (Å²) in [7, 11) is 0. The molecule has 1 amide bonds. The third-order valence-electron chi connectivity index (χ3n) is 3.75. The Morgan fingerprint density at radius 1 is 1.50 bits per heavy atom. The Bertz CT molecular complexity index is 613. The lowest BCUT2D eigenvalue weighted by molar-refractivity contribution is -0.122. The molecule has 3 heterocycles. The summed E-state index contributed by atoms with van der Waals surface area (Å²) >= 11 is 0. The number of fused-ring (bicyclic) bond motifs is 1. The number of nitrogens with one attached hydrogen (secondary N) is 2. The van der Waals surface area contributed by atoms with Gasteiger partial charge in [0, 0.05) is 18.8 Å². The van der Waals surface area contributed by atoms with Gasteiger partial charge in [-0.2, -0.15) is 0 Å². The molecule has 1 atom stereocenters. The van der Waals surface area contributed by atoms with Gasteiger partial charge >= 0.3 is 0 Å². The van der Waals surface area contributed by atoms with Crippen molar-refractivity contribution in [3.8, 4) is 0 Å². The Balaban J connectivity index is 1.57. The minimum absolute atomic E-state index is 0.118. The Hall–Kier alpha value is -1.88. The lowest BCUT2D eigenvalue weighted by Crippen LogP contribution is -2.26. The summed E-state index contributed by atoms with van der Waals surface area (Å²) in [5.41, 5.74) is 3.01. The maximum absolute atomic E-state index is 11.9. The number of imidazole rings is 1. The molecule has 2 N–H and O–H groups in total. The molecule has 2 aromatic heterocycles. The van der Waals surface area contributed by atoms with E-state index in [1.165, 1.54) is 5.56 Å². The molecule has 20 heavy (non-hydrogen) atoms. The Morgan fingerprint density at radius 2 is 2.40 bits per heavy atom. The molecule has 0 saturated carbocycles. The molecular formula is C15H20N4O. The summed E-state index contributed by atoms with van der Waals surface area (Å²) < 4.78 is 2.00. The topological polar surface area (TPSA) is 58.4 Å². The first-order chi connectivity index (χ1) is 9.70. The standard InChI is InChI=1S/C15H20N4O/c1-11-2-3-14-18-13(10-19(14)9-11)8-17-15(20)6-12-4-5-16-7-12/h2-3,9-10,12,16H,4-8H2,1H3,(H,17,20)/t12-/m1/s1. The monoisotopic (exact) mass is 272 g/mol. The zero-order chi connectivity index (χ0) is 13.9. The van der Waals surface area contributed by atoms with Gasteiger partial charge in [0.25, 0.3) is 0 Å². The number of carbonyl (C=O) groups is 1. The van der Waals surface area contributed by atoms with Crippen molar-refractivity contribution in [3.63, 3.8) is 0 Å². The first kappa shape index (κ1) is 13.1. The SMILES string of the molecule is Cc1ccc2nc(CNC(=O)C[C@H]3CCNC3)cn2c1. The van der Waals surface area contributed by atoms with E-state index in [-0.39, 0.29) is 5.91 Å². The molecule has 0 unspecified atom stereocenters. The van der Waals surface area contributed by atoms with E-state index in [2.05, 4.69) is 22.5 Å². The molecule has 0 radical (unpaired) electrons. The average Bonchev–Trinajstić information content (AvgIpc) is 3.04. The second-order valence-corrected chi connectivity index (χ2v) is 5.54. The fourth-order valence-electron chi connectivity index (χ4n) is 2.65. The van der Waals surface area contributed by atoms with E-state index in [1.807, 2.05) is 28.9 Å². The maximum Gasteiger partial charge on any atom is 0.220 e. The van der Waals surface area contributed by atoms with E-state index >= 15 is 0 Å². The predicted molar refractivity (Wildman–Crippen MR) is 77.4 cm³/mol. The quantitative estimate of drug-likeness (QED) is 0.881. The van der Waals surface area contributed by atoms with Gasteiger partial charge in [-0.15, -0.1) is 0 Å². The van der Waals surface area contributed by atoms with Crippen LogP contribution in [0.5, 0.6) is 0 Å². The van der Waals surface area contributed by atoms with E-state index in [0.717, 1.165) is 30.9 Å². The van der Waals surface area contributed by atoms with Crippen LogP contribution in [0.25, 0.3) is 5.65 Å². The van der Waals surface area contributed by atoms with Crippen molar-refractivity contribution in [3.05, 3.63) is 35.8 Å². The first-order valence-electron chi connectivity index (χ1n) is 7.12. The Kier molecular flexibility index (Phi) is 3.69. The highest BCUT2D eigenvalue weighted by atomic mass is 16.1. The van der Waals surface area contributed by atoms with Crippen molar-refractivity contribution >= 4 is 11.6 Å². The van der Waals surface area contributed by atoms with Crippen molar-refractivity contribution in [1.82, 2.24) is 20.0 Å². The van der Waals surface area contributed by atoms with Gasteiger partial charge in [0.2, 0.25) is 5.91 Å². The number of pyridine rings is 1. The number of hydrogen-bond acceptors (Lipinski definition) is 3. The van der Waals surface area contributed by atoms with Gasteiger partial charge in [0.1, 0.15) is 5.65 Å². The zero-order valence-corrected chi connectivity index (χ0v) is 11.7. The molecule has 0 aromatic carbocycles. The molecule has 1 saturated heterocycles. The largest absolute Gasteiger partial charge is 0.350 e. The molecular weight excluding hydrogens is 252 g/mol. The summed E-state index contributed by atoms with van der Waals surface area (Å²) in [4.78, 5) is 16.4. The van der Waals surface area contributed by atoms with Crippen LogP contribution in [0.1, 0.15) is 24.1 Å². The summed E-state index contributed by atoms with van der Waals surface area (Å²) in [5.74, 6) is 0.602. The van der Waals surface area contributed by atoms with Crippen LogP contribution in [0.4, 0.5) is 0 Å². The number of rotatable bonds is 4. The van der Waals surface area contributed by atoms with Gasteiger partial charge in [-0.1, -0.05) is 6.07 Å². The van der Waals surface area contributed by atoms with Crippen LogP contribution in [0.3, 0.4) is 0 Å². The molecule has 5 heteroatoms. The van der Waals surface area contributed by atoms with Gasteiger partial charge in [-0.3, -0.25) is 4.79 Å². The van der Waals surface area contributed by atoms with E-state index in [1.54, 1.807) is 0 Å². The Labute approximate surface area is 118 Å². The highest BCUT2D eigenvalue weighted by molar-refractivity contribution is 5.76. The molecule has 3 rings (SSSR count). The number of nitrogens with zero attached hydrogens (tertiary/aromatic N) is 2. The molecule has 1 fully saturated rings. The second kappa shape index (κ2) is 5.63. The fraction of sp³-hybridized carbons (Fsp3) is 0.467. The van der Waals surface area contributed by atoms with Crippen molar-refractivity contribution in [2.24, 2.45) is 5.92 Å². The molecule has 0 bridgehead atoms. The van der Waals surface area contributed by atoms with Crippen LogP contribution in [-0.2, 0) is 11.3 Å². The van der Waals surface area contributed by atoms with Crippen molar-refractivity contribution in [1.29, 1.82) is 0 Å². The number of aromatic nitrogens is 2. The van der Waals surface area contributed by atoms with E-state index in [9.17, 15) is 4.79 Å². The van der Waals surface area contributed by atoms with Gasteiger partial charge < -0.3 is 15.0 Å². The molecule has 2 aromatic rings. The van der Waals surface area contributed by atoms with Crippen molar-refractivity contribution < 1.29 is 4.79 Å². The van der Waals surface area contributed by atoms with Crippen LogP contribution < -0.4 is 10.6 Å². The third-order valence-corrected chi connectivity index (χ3v) is 3.75. The summed E-state index contributed by atoms with van der Waals surface area (Å²) in [6, 6.07) is 4.03. The van der Waals surface area contributed by atoms with Crippen LogP contribution in [0, 0.1) is 12.8 Å². The van der Waals surface area contributed by atoms with Crippen molar-refractivity contribution in [2.45, 2.75) is 26.3 Å². The molecule has 106 valence electrons. The van der Waals surface area contributed by atoms with E-state index < -0.39 is 0 Å². The third kappa shape index (κ3) is 2.99. The smallest absolute Gasteiger partial charge is 0.220 e. The minimum Gasteiger partial charge on any atom is -0.350 e. The normalized spacial score (nSPS) is 18.6. The lowest BCUT2D eigenvalue weighted by Gasteiger charge is -2.07. The Morgan fingerprint density at radius 3 is 3.20 bits per heavy atom. The number of carbonyl (C=O) groups excluding carboxylic acids is 1. The average molecular weight is 272 g/mol. The molecule has 1 aliphatic heterocycles. The molecule has 1 aliphatic rings. The van der Waals surface area contributed by atoms with E-state index in [0.29, 0.717) is 18.9 Å². The van der Waals surface area contributed by atoms with E-state index in [4.69, 9.17) is 0 Å². The van der Waals surface area contributed by atoms with Gasteiger partial charge in [0.05, 0.1) is 12.2 Å². The molecule has 0 aliphatic carbocycles. The lowest BCUT2D eigenvalue weighted by atomic mass is 10.0. The highest BCUT2D eigenvalue weighted by Crippen LogP contribution is 2.12. The zero-order valence-electron chi connectivity index (χ0n) is 11.7. The van der Waals surface area contributed by atoms with Gasteiger partial charge in [-0.05, 0) is 44.0 Å². The summed E-state index contributed by atoms with van der Waals surface area (Å²) in [6.45, 7) is 4.54. The number of aryl methyl sites for hydroxylation is 1. The van der Waals surface area contributed by atoms with Crippen molar-refractivity contribution in [2.75, 3.05) is 13.1 Å². The van der Waals surface area contributed by atoms with Crippen LogP contribution >= 0.6 is 0 Å². The first-order valence-corrected chi connectivity index (χ1v) is 7.12. The highest BCUT2D eigenvalue weighted by Gasteiger charge is 2.17. The van der Waals surface area contributed by atoms with Crippen LogP contribution in [-0.4, -0.2) is 28.4 Å². The minimum atomic E-state index is 0.118. The second-order valence-electron chi connectivity index (χ2n) is 5.54. The predicted octanol–water partition coefficient (Wildman–Crippen LogP) is 1.26. The summed E-state index contributed by atoms with van der Waals surface area (Å²) in [6.07, 6.45) is 5.72. The maximum atomic E-state index is 11.9. The summed E-state index contributed by atoms with van der Waals surface area (Å²) in [5, 5.41) is 6.24. The number of hydrogen-bond donors (Lipinski definition) is 2. The van der Waals surface area contributed by atoms with Crippen LogP contribution in [0.15, 0.2) is 24.5 Å². The number of amides is 1. The molecule has 5 nitrogen and oxygen atoms in total. The van der Waals surface area contributed by atoms with Crippen LogP contribution in [0.2, 0.25) is 0 Å². The van der Waals surface area contributed by atoms with Gasteiger partial charge in [0.15, 0.2) is 0 Å².